The van der Waals surface area contributed by atoms with E-state index in [1.165, 1.54) is 33.5 Å². The number of halogens is 1. The molecule has 1 aliphatic rings. The molecule has 0 radical (unpaired) electrons. The van der Waals surface area contributed by atoms with Crippen LogP contribution in [0.1, 0.15) is 17.5 Å². The maximum Gasteiger partial charge on any atom is 0.247 e. The molecule has 1 aliphatic heterocycles. The number of carbonyl (C=O) groups excluding carboxylic acids is 2. The van der Waals surface area contributed by atoms with Gasteiger partial charge >= 0.3 is 0 Å². The molecule has 1 atom stereocenters. The minimum atomic E-state index is -0.924. The van der Waals surface area contributed by atoms with Gasteiger partial charge in [0.2, 0.25) is 17.6 Å². The number of methoxy groups -OCH3 is 3. The van der Waals surface area contributed by atoms with E-state index in [1.54, 1.807) is 12.1 Å². The van der Waals surface area contributed by atoms with Crippen molar-refractivity contribution in [2.45, 2.75) is 16.7 Å². The number of anilines is 2. The van der Waals surface area contributed by atoms with E-state index in [-0.39, 0.29) is 51.1 Å². The second-order valence-corrected chi connectivity index (χ2v) is 9.11. The smallest absolute Gasteiger partial charge is 0.247 e. The molecule has 3 aromatic rings. The number of hydrogen-bond acceptors (Lipinski definition) is 10. The van der Waals surface area contributed by atoms with Gasteiger partial charge in [0.25, 0.3) is 0 Å². The van der Waals surface area contributed by atoms with Crippen molar-refractivity contribution in [1.82, 2.24) is 4.98 Å². The van der Waals surface area contributed by atoms with E-state index in [1.807, 2.05) is 6.07 Å². The molecule has 2 N–H and O–H groups in total. The van der Waals surface area contributed by atoms with Crippen molar-refractivity contribution in [3.05, 3.63) is 53.3 Å². The summed E-state index contributed by atoms with van der Waals surface area (Å²) < 4.78 is 29.5. The van der Waals surface area contributed by atoms with Crippen LogP contribution in [0.15, 0.2) is 41.4 Å². The fourth-order valence-corrected chi connectivity index (χ4v) is 5.21. The van der Waals surface area contributed by atoms with Crippen LogP contribution in [0.2, 0.25) is 0 Å². The van der Waals surface area contributed by atoms with Gasteiger partial charge in [-0.1, -0.05) is 11.8 Å². The van der Waals surface area contributed by atoms with Gasteiger partial charge in [-0.2, -0.15) is 10.5 Å². The summed E-state index contributed by atoms with van der Waals surface area (Å²) in [4.78, 5) is 31.0. The van der Waals surface area contributed by atoms with E-state index < -0.39 is 22.9 Å². The minimum Gasteiger partial charge on any atom is -0.493 e. The number of aromatic nitrogens is 1. The zero-order valence-electron chi connectivity index (χ0n) is 20.4. The van der Waals surface area contributed by atoms with Gasteiger partial charge in [-0.15, -0.1) is 0 Å². The molecular weight excluding hydrogens is 513 g/mol. The van der Waals surface area contributed by atoms with Crippen LogP contribution in [-0.4, -0.2) is 43.4 Å². The molecule has 0 aliphatic carbocycles. The van der Waals surface area contributed by atoms with Crippen LogP contribution in [0.5, 0.6) is 17.2 Å². The number of nitrogen functional groups attached to an aromatic ring is 1. The minimum absolute atomic E-state index is 0.0181. The van der Waals surface area contributed by atoms with Crippen LogP contribution in [0.4, 0.5) is 15.9 Å². The highest BCUT2D eigenvalue weighted by Crippen LogP contribution is 2.45. The molecule has 2 heterocycles. The Morgan fingerprint density at radius 3 is 2.16 bits per heavy atom. The van der Waals surface area contributed by atoms with Crippen LogP contribution in [0, 0.1) is 28.5 Å². The number of imide groups is 1. The summed E-state index contributed by atoms with van der Waals surface area (Å²) >= 11 is 0.889. The number of hydrogen-bond donors (Lipinski definition) is 1. The topological polar surface area (TPSA) is 152 Å². The number of thioether (sulfide) groups is 1. The molecule has 1 fully saturated rings. The maximum atomic E-state index is 13.3. The van der Waals surface area contributed by atoms with E-state index >= 15 is 0 Å². The number of nitriles is 2. The number of ether oxygens (including phenoxy) is 3. The molecule has 38 heavy (non-hydrogen) atoms. The molecule has 0 saturated carbocycles. The predicted octanol–water partition coefficient (Wildman–Crippen LogP) is 3.66. The predicted molar refractivity (Wildman–Crippen MR) is 136 cm³/mol. The Hall–Kier alpha value is -4.81. The average molecular weight is 534 g/mol. The van der Waals surface area contributed by atoms with Crippen molar-refractivity contribution < 1.29 is 28.2 Å². The lowest BCUT2D eigenvalue weighted by molar-refractivity contribution is -0.121. The fraction of sp³-hybridized carbons (Fsp3) is 0.192. The van der Waals surface area contributed by atoms with Gasteiger partial charge in [-0.05, 0) is 42.0 Å². The molecule has 1 saturated heterocycles. The maximum absolute atomic E-state index is 13.3. The average Bonchev–Trinajstić information content (AvgIpc) is 3.19. The van der Waals surface area contributed by atoms with E-state index in [4.69, 9.17) is 19.9 Å². The Bertz CT molecular complexity index is 1510. The third-order valence-corrected chi connectivity index (χ3v) is 6.98. The summed E-state index contributed by atoms with van der Waals surface area (Å²) in [6.07, 6.45) is -0.174. The van der Waals surface area contributed by atoms with Crippen LogP contribution in [0.25, 0.3) is 11.1 Å². The Morgan fingerprint density at radius 1 is 1.03 bits per heavy atom. The Kier molecular flexibility index (Phi) is 7.37. The molecule has 4 rings (SSSR count). The quantitative estimate of drug-likeness (QED) is 0.445. The lowest BCUT2D eigenvalue weighted by Gasteiger charge is -2.18. The van der Waals surface area contributed by atoms with E-state index in [9.17, 15) is 24.5 Å². The van der Waals surface area contributed by atoms with Crippen molar-refractivity contribution in [3.63, 3.8) is 0 Å². The van der Waals surface area contributed by atoms with Gasteiger partial charge in [-0.3, -0.25) is 9.59 Å². The Labute approximate surface area is 221 Å². The highest BCUT2D eigenvalue weighted by atomic mass is 32.2. The van der Waals surface area contributed by atoms with E-state index in [2.05, 4.69) is 11.1 Å². The van der Waals surface area contributed by atoms with Gasteiger partial charge in [0.15, 0.2) is 11.5 Å². The summed E-state index contributed by atoms with van der Waals surface area (Å²) in [5, 5.41) is 19.1. The zero-order valence-corrected chi connectivity index (χ0v) is 21.3. The third-order valence-electron chi connectivity index (χ3n) is 5.81. The molecular formula is C26H20FN5O5S. The summed E-state index contributed by atoms with van der Waals surface area (Å²) in [5.74, 6) is -0.822. The van der Waals surface area contributed by atoms with Gasteiger partial charge in [-0.25, -0.2) is 14.3 Å². The van der Waals surface area contributed by atoms with E-state index in [0.29, 0.717) is 11.3 Å². The number of rotatable bonds is 7. The zero-order chi connectivity index (χ0) is 27.6. The largest absolute Gasteiger partial charge is 0.493 e. The second-order valence-electron chi connectivity index (χ2n) is 7.92. The summed E-state index contributed by atoms with van der Waals surface area (Å²) in [5.41, 5.74) is 6.81. The molecule has 2 aromatic carbocycles. The number of amides is 2. The van der Waals surface area contributed by atoms with Crippen LogP contribution < -0.4 is 24.8 Å². The summed E-state index contributed by atoms with van der Waals surface area (Å²) in [7, 11) is 4.29. The molecule has 1 aromatic heterocycles. The van der Waals surface area contributed by atoms with Crippen LogP contribution >= 0.6 is 11.8 Å². The first-order valence-corrected chi connectivity index (χ1v) is 11.9. The highest BCUT2D eigenvalue weighted by molar-refractivity contribution is 8.00. The first-order chi connectivity index (χ1) is 18.3. The highest BCUT2D eigenvalue weighted by Gasteiger charge is 2.41. The number of carbonyl (C=O) groups is 2. The van der Waals surface area contributed by atoms with Gasteiger partial charge in [0.05, 0.1) is 37.8 Å². The molecule has 2 amide bonds. The Balaban J connectivity index is 1.82. The first-order valence-electron chi connectivity index (χ1n) is 11.0. The molecule has 10 nitrogen and oxygen atoms in total. The SMILES string of the molecule is COc1cc(-c2c(C#N)c(N)nc(S[C@H]3CC(=O)N(c4ccc(F)cc4)C3=O)c2C#N)cc(OC)c1OC. The normalized spacial score (nSPS) is 14.7. The van der Waals surface area contributed by atoms with Crippen molar-refractivity contribution in [2.75, 3.05) is 32.0 Å². The summed E-state index contributed by atoms with van der Waals surface area (Å²) in [6, 6.07) is 12.1. The van der Waals surface area contributed by atoms with Crippen molar-refractivity contribution in [3.8, 4) is 40.5 Å². The molecule has 0 unspecified atom stereocenters. The van der Waals surface area contributed by atoms with Gasteiger partial charge in [0.1, 0.15) is 34.4 Å². The number of pyridine rings is 1. The molecule has 12 heteroatoms. The molecule has 192 valence electrons. The van der Waals surface area contributed by atoms with Gasteiger partial charge in [0, 0.05) is 12.0 Å². The van der Waals surface area contributed by atoms with Crippen molar-refractivity contribution >= 4 is 35.1 Å². The van der Waals surface area contributed by atoms with Gasteiger partial charge < -0.3 is 19.9 Å². The third kappa shape index (κ3) is 4.53. The number of nitrogens with two attached hydrogens (primary N) is 1. The monoisotopic (exact) mass is 533 g/mol. The van der Waals surface area contributed by atoms with E-state index in [0.717, 1.165) is 28.8 Å². The number of benzene rings is 2. The number of nitrogens with zero attached hydrogens (tertiary/aromatic N) is 4. The van der Waals surface area contributed by atoms with Crippen LogP contribution in [0.3, 0.4) is 0 Å². The lowest BCUT2D eigenvalue weighted by Crippen LogP contribution is -2.31. The van der Waals surface area contributed by atoms with Crippen molar-refractivity contribution in [2.24, 2.45) is 0 Å². The lowest BCUT2D eigenvalue weighted by atomic mass is 9.96. The molecule has 0 spiro atoms. The standard InChI is InChI=1S/C26H20FN5O5S/c1-35-18-8-13(9-19(36-2)23(18)37-3)22-16(11-28)24(30)31-25(17(22)12-29)38-20-10-21(33)32(26(20)34)15-6-4-14(27)5-7-15/h4-9,20H,10H2,1-3H3,(H2,30,31)/t20-/m0/s1. The Morgan fingerprint density at radius 2 is 1.63 bits per heavy atom. The first kappa shape index (κ1) is 26.3. The fourth-order valence-electron chi connectivity index (χ4n) is 4.09. The van der Waals surface area contributed by atoms with Crippen LogP contribution in [-0.2, 0) is 9.59 Å². The van der Waals surface area contributed by atoms with Crippen molar-refractivity contribution in [1.29, 1.82) is 10.5 Å². The molecule has 0 bridgehead atoms. The second kappa shape index (κ2) is 10.7. The summed E-state index contributed by atoms with van der Waals surface area (Å²) in [6.45, 7) is 0.